The molecule has 0 bridgehead atoms. The summed E-state index contributed by atoms with van der Waals surface area (Å²) >= 11 is 0.944. The molecule has 0 saturated carbocycles. The molecule has 0 unspecified atom stereocenters. The summed E-state index contributed by atoms with van der Waals surface area (Å²) in [7, 11) is 0. The molecule has 0 spiro atoms. The van der Waals surface area contributed by atoms with Crippen LogP contribution in [-0.4, -0.2) is 20.1 Å². The van der Waals surface area contributed by atoms with Gasteiger partial charge in [-0.05, 0) is 28.8 Å². The van der Waals surface area contributed by atoms with Crippen molar-refractivity contribution in [3.05, 3.63) is 46.8 Å². The van der Waals surface area contributed by atoms with E-state index >= 15 is 0 Å². The number of aliphatic imine (C=N–C) groups is 1. The number of nitrogens with one attached hydrogen (secondary N) is 1. The zero-order valence-corrected chi connectivity index (χ0v) is 9.92. The van der Waals surface area contributed by atoms with Crippen LogP contribution in [0.3, 0.4) is 0 Å². The number of aromatic nitrogens is 2. The van der Waals surface area contributed by atoms with E-state index in [1.54, 1.807) is 12.1 Å². The molecule has 0 amide bonds. The fourth-order valence-corrected chi connectivity index (χ4v) is 1.92. The van der Waals surface area contributed by atoms with Crippen molar-refractivity contribution in [1.29, 1.82) is 0 Å². The van der Waals surface area contributed by atoms with Crippen LogP contribution in [0.1, 0.15) is 0 Å². The zero-order valence-electron chi connectivity index (χ0n) is 9.11. The summed E-state index contributed by atoms with van der Waals surface area (Å²) < 4.78 is 0. The first kappa shape index (κ1) is 12.1. The van der Waals surface area contributed by atoms with E-state index in [0.717, 1.165) is 11.8 Å². The minimum absolute atomic E-state index is 0.189. The molecule has 1 aromatic heterocycles. The van der Waals surface area contributed by atoms with Crippen LogP contribution in [0.25, 0.3) is 0 Å². The number of amidine groups is 1. The number of para-hydroxylation sites is 1. The Hall–Kier alpha value is -2.35. The number of H-pyrrole nitrogens is 1. The smallest absolute Gasteiger partial charge is 0.355 e. The Bertz CT molecular complexity index is 581. The fraction of sp³-hybridized carbons (Fsp3) is 0. The van der Waals surface area contributed by atoms with Gasteiger partial charge in [0.2, 0.25) is 5.03 Å². The van der Waals surface area contributed by atoms with Gasteiger partial charge < -0.3 is 15.8 Å². The summed E-state index contributed by atoms with van der Waals surface area (Å²) in [6, 6.07) is 9.08. The Morgan fingerprint density at radius 2 is 2.17 bits per heavy atom. The summed E-state index contributed by atoms with van der Waals surface area (Å²) in [6.07, 6.45) is 1.25. The third-order valence-corrected chi connectivity index (χ3v) is 2.76. The number of benzene rings is 1. The van der Waals surface area contributed by atoms with Crippen LogP contribution in [0.15, 0.2) is 46.7 Å². The molecule has 1 heterocycles. The highest BCUT2D eigenvalue weighted by Gasteiger charge is 2.17. The van der Waals surface area contributed by atoms with Crippen molar-refractivity contribution in [3.63, 3.8) is 0 Å². The molecule has 2 rings (SSSR count). The van der Waals surface area contributed by atoms with Crippen molar-refractivity contribution in [3.8, 4) is 0 Å². The maximum atomic E-state index is 10.7. The lowest BCUT2D eigenvalue weighted by molar-refractivity contribution is -0.392. The third-order valence-electron chi connectivity index (χ3n) is 1.96. The molecule has 1 aromatic carbocycles. The first-order valence-electron chi connectivity index (χ1n) is 4.91. The van der Waals surface area contributed by atoms with E-state index in [9.17, 15) is 10.1 Å². The lowest BCUT2D eigenvalue weighted by Gasteiger charge is -1.98. The van der Waals surface area contributed by atoms with E-state index in [2.05, 4.69) is 15.0 Å². The Labute approximate surface area is 106 Å². The largest absolute Gasteiger partial charge is 0.378 e. The number of imidazole rings is 1. The molecular weight excluding hydrogens is 254 g/mol. The van der Waals surface area contributed by atoms with Crippen LogP contribution in [0.5, 0.6) is 0 Å². The molecule has 0 atom stereocenters. The van der Waals surface area contributed by atoms with Crippen molar-refractivity contribution >= 4 is 28.4 Å². The summed E-state index contributed by atoms with van der Waals surface area (Å²) in [5.74, 6) is -0.189. The number of thioether (sulfide) groups is 1. The Balaban J connectivity index is 2.16. The highest BCUT2D eigenvalue weighted by Crippen LogP contribution is 2.25. The quantitative estimate of drug-likeness (QED) is 0.289. The van der Waals surface area contributed by atoms with Gasteiger partial charge in [0, 0.05) is 0 Å². The van der Waals surface area contributed by atoms with Gasteiger partial charge in [0.1, 0.15) is 0 Å². The van der Waals surface area contributed by atoms with E-state index in [1.165, 1.54) is 6.33 Å². The van der Waals surface area contributed by atoms with Gasteiger partial charge in [-0.1, -0.05) is 18.2 Å². The molecule has 0 aliphatic carbocycles. The molecular formula is C10H9N5O2S. The molecule has 7 nitrogen and oxygen atoms in total. The van der Waals surface area contributed by atoms with Gasteiger partial charge >= 0.3 is 5.82 Å². The molecule has 0 saturated heterocycles. The number of nitrogens with two attached hydrogens (primary N) is 1. The van der Waals surface area contributed by atoms with Gasteiger partial charge in [0.25, 0.3) is 0 Å². The third kappa shape index (κ3) is 2.86. The van der Waals surface area contributed by atoms with Crippen molar-refractivity contribution in [2.45, 2.75) is 5.03 Å². The normalized spacial score (nSPS) is 11.4. The van der Waals surface area contributed by atoms with Gasteiger partial charge in [0.05, 0.1) is 5.69 Å². The molecule has 2 aromatic rings. The first-order valence-corrected chi connectivity index (χ1v) is 5.73. The summed E-state index contributed by atoms with van der Waals surface area (Å²) in [4.78, 5) is 20.5. The topological polar surface area (TPSA) is 110 Å². The number of nitro groups is 1. The summed E-state index contributed by atoms with van der Waals surface area (Å²) in [5.41, 5.74) is 6.38. The Morgan fingerprint density at radius 3 is 2.83 bits per heavy atom. The second-order valence-electron chi connectivity index (χ2n) is 3.20. The zero-order chi connectivity index (χ0) is 13.0. The van der Waals surface area contributed by atoms with Crippen molar-refractivity contribution in [2.24, 2.45) is 10.7 Å². The van der Waals surface area contributed by atoms with Crippen LogP contribution in [0, 0.1) is 10.1 Å². The monoisotopic (exact) mass is 263 g/mol. The molecule has 3 N–H and O–H groups in total. The standard InChI is InChI=1S/C10H9N5O2S/c11-10(14-7-4-2-1-3-5-7)18-9-8(15(16)17)12-6-13-9/h1-6H,(H2,11,14)(H,12,13). The number of rotatable bonds is 3. The Morgan fingerprint density at radius 1 is 1.44 bits per heavy atom. The maximum Gasteiger partial charge on any atom is 0.355 e. The van der Waals surface area contributed by atoms with E-state index in [0.29, 0.717) is 5.69 Å². The van der Waals surface area contributed by atoms with Crippen molar-refractivity contribution < 1.29 is 4.92 Å². The summed E-state index contributed by atoms with van der Waals surface area (Å²) in [6.45, 7) is 0. The van der Waals surface area contributed by atoms with Crippen LogP contribution in [0.4, 0.5) is 11.5 Å². The first-order chi connectivity index (χ1) is 8.66. The van der Waals surface area contributed by atoms with Crippen molar-refractivity contribution in [2.75, 3.05) is 0 Å². The predicted molar refractivity (Wildman–Crippen MR) is 68.8 cm³/mol. The van der Waals surface area contributed by atoms with Crippen LogP contribution in [-0.2, 0) is 0 Å². The van der Waals surface area contributed by atoms with Gasteiger partial charge in [-0.3, -0.25) is 0 Å². The average molecular weight is 263 g/mol. The molecule has 0 radical (unpaired) electrons. The summed E-state index contributed by atoms with van der Waals surface area (Å²) in [5, 5.41) is 11.0. The SMILES string of the molecule is NC(=Nc1ccccc1)Sc1nc[nH]c1[N+](=O)[O-]. The van der Waals surface area contributed by atoms with E-state index in [4.69, 9.17) is 5.73 Å². The molecule has 0 aliphatic heterocycles. The predicted octanol–water partition coefficient (Wildman–Crippen LogP) is 2.06. The maximum absolute atomic E-state index is 10.7. The molecule has 18 heavy (non-hydrogen) atoms. The van der Waals surface area contributed by atoms with Gasteiger partial charge in [0.15, 0.2) is 11.5 Å². The van der Waals surface area contributed by atoms with Crippen molar-refractivity contribution in [1.82, 2.24) is 9.97 Å². The van der Waals surface area contributed by atoms with Crippen LogP contribution >= 0.6 is 11.8 Å². The average Bonchev–Trinajstić information content (AvgIpc) is 2.78. The Kier molecular flexibility index (Phi) is 3.58. The van der Waals surface area contributed by atoms with Gasteiger partial charge in [-0.2, -0.15) is 0 Å². The minimum atomic E-state index is -0.550. The van der Waals surface area contributed by atoms with Crippen LogP contribution in [0.2, 0.25) is 0 Å². The van der Waals surface area contributed by atoms with Crippen LogP contribution < -0.4 is 5.73 Å². The lowest BCUT2D eigenvalue weighted by atomic mass is 10.3. The number of nitrogens with zero attached hydrogens (tertiary/aromatic N) is 3. The second kappa shape index (κ2) is 5.32. The number of aromatic amines is 1. The van der Waals surface area contributed by atoms with E-state index in [1.807, 2.05) is 18.2 Å². The molecule has 8 heteroatoms. The second-order valence-corrected chi connectivity index (χ2v) is 4.21. The highest BCUT2D eigenvalue weighted by atomic mass is 32.2. The minimum Gasteiger partial charge on any atom is -0.378 e. The van der Waals surface area contributed by atoms with Gasteiger partial charge in [-0.15, -0.1) is 0 Å². The molecule has 0 aliphatic rings. The van der Waals surface area contributed by atoms with Gasteiger partial charge in [-0.25, -0.2) is 15.0 Å². The fourth-order valence-electron chi connectivity index (χ4n) is 1.23. The molecule has 92 valence electrons. The lowest BCUT2D eigenvalue weighted by Crippen LogP contribution is -2.06. The highest BCUT2D eigenvalue weighted by molar-refractivity contribution is 8.13. The van der Waals surface area contributed by atoms with E-state index in [-0.39, 0.29) is 16.0 Å². The number of hydrogen-bond acceptors (Lipinski definition) is 5. The number of hydrogen-bond donors (Lipinski definition) is 2. The van der Waals surface area contributed by atoms with E-state index < -0.39 is 4.92 Å². The molecule has 0 fully saturated rings.